The quantitative estimate of drug-likeness (QED) is 0.383. The van der Waals surface area contributed by atoms with Gasteiger partial charge < -0.3 is 9.15 Å². The molecule has 3 aromatic carbocycles. The summed E-state index contributed by atoms with van der Waals surface area (Å²) in [5, 5.41) is 2.86. The van der Waals surface area contributed by atoms with Crippen molar-refractivity contribution in [3.05, 3.63) is 84.1 Å². The first-order valence-electron chi connectivity index (χ1n) is 9.75. The SMILES string of the molecule is C[C@H](OC(=O)Cc1coc2ccc3ccccc3c12)C(=O)NNC(=O)c1ccccc1. The number of nitrogens with one attached hydrogen (secondary N) is 2. The number of furan rings is 1. The number of fused-ring (bicyclic) bond motifs is 3. The number of carbonyl (C=O) groups excluding carboxylic acids is 3. The van der Waals surface area contributed by atoms with E-state index in [4.69, 9.17) is 9.15 Å². The second kappa shape index (κ2) is 8.71. The highest BCUT2D eigenvalue weighted by Crippen LogP contribution is 2.30. The third-order valence-corrected chi connectivity index (χ3v) is 4.89. The Morgan fingerprint density at radius 1 is 0.935 bits per heavy atom. The highest BCUT2D eigenvalue weighted by Gasteiger charge is 2.20. The van der Waals surface area contributed by atoms with Crippen LogP contribution in [0.5, 0.6) is 0 Å². The summed E-state index contributed by atoms with van der Waals surface area (Å²) in [6.45, 7) is 1.44. The minimum atomic E-state index is -1.08. The zero-order valence-corrected chi connectivity index (χ0v) is 16.8. The van der Waals surface area contributed by atoms with Gasteiger partial charge in [0.05, 0.1) is 12.7 Å². The van der Waals surface area contributed by atoms with E-state index in [1.54, 1.807) is 30.3 Å². The normalized spacial score (nSPS) is 11.8. The summed E-state index contributed by atoms with van der Waals surface area (Å²) in [5.74, 6) is -1.68. The Hall–Kier alpha value is -4.13. The van der Waals surface area contributed by atoms with Crippen molar-refractivity contribution in [3.63, 3.8) is 0 Å². The van der Waals surface area contributed by atoms with Crippen LogP contribution in [0.2, 0.25) is 0 Å². The number of esters is 1. The molecule has 156 valence electrons. The lowest BCUT2D eigenvalue weighted by atomic mass is 10.0. The van der Waals surface area contributed by atoms with E-state index in [-0.39, 0.29) is 6.42 Å². The summed E-state index contributed by atoms with van der Waals surface area (Å²) in [5.41, 5.74) is 6.32. The molecule has 0 aliphatic heterocycles. The second-order valence-corrected chi connectivity index (χ2v) is 7.04. The van der Waals surface area contributed by atoms with Gasteiger partial charge in [-0.1, -0.05) is 48.5 Å². The summed E-state index contributed by atoms with van der Waals surface area (Å²) < 4.78 is 10.8. The first-order chi connectivity index (χ1) is 15.0. The van der Waals surface area contributed by atoms with Crippen LogP contribution >= 0.6 is 0 Å². The maximum atomic E-state index is 12.4. The van der Waals surface area contributed by atoms with Gasteiger partial charge in [0, 0.05) is 16.5 Å². The molecule has 1 heterocycles. The molecular weight excluding hydrogens is 396 g/mol. The smallest absolute Gasteiger partial charge is 0.311 e. The summed E-state index contributed by atoms with van der Waals surface area (Å²) in [4.78, 5) is 36.6. The van der Waals surface area contributed by atoms with Crippen molar-refractivity contribution >= 4 is 39.5 Å². The van der Waals surface area contributed by atoms with Crippen molar-refractivity contribution < 1.29 is 23.5 Å². The Morgan fingerprint density at radius 3 is 2.48 bits per heavy atom. The minimum Gasteiger partial charge on any atom is -0.464 e. The minimum absolute atomic E-state index is 0.0466. The second-order valence-electron chi connectivity index (χ2n) is 7.04. The first kappa shape index (κ1) is 20.2. The van der Waals surface area contributed by atoms with Crippen LogP contribution in [0.4, 0.5) is 0 Å². The molecule has 31 heavy (non-hydrogen) atoms. The Bertz CT molecular complexity index is 1260. The van der Waals surface area contributed by atoms with E-state index in [9.17, 15) is 14.4 Å². The highest BCUT2D eigenvalue weighted by atomic mass is 16.5. The molecule has 0 bridgehead atoms. The number of hydrogen-bond acceptors (Lipinski definition) is 5. The molecule has 0 fully saturated rings. The maximum Gasteiger partial charge on any atom is 0.311 e. The van der Waals surface area contributed by atoms with Crippen molar-refractivity contribution in [3.8, 4) is 0 Å². The molecule has 2 N–H and O–H groups in total. The van der Waals surface area contributed by atoms with Crippen LogP contribution in [0.1, 0.15) is 22.8 Å². The van der Waals surface area contributed by atoms with Crippen molar-refractivity contribution in [2.75, 3.05) is 0 Å². The average molecular weight is 416 g/mol. The fourth-order valence-electron chi connectivity index (χ4n) is 3.33. The van der Waals surface area contributed by atoms with Crippen LogP contribution in [0.15, 0.2) is 77.4 Å². The lowest BCUT2D eigenvalue weighted by Gasteiger charge is -2.14. The Balaban J connectivity index is 1.38. The molecule has 7 nitrogen and oxygen atoms in total. The lowest BCUT2D eigenvalue weighted by Crippen LogP contribution is -2.46. The topological polar surface area (TPSA) is 97.6 Å². The van der Waals surface area contributed by atoms with Gasteiger partial charge in [-0.3, -0.25) is 25.2 Å². The summed E-state index contributed by atoms with van der Waals surface area (Å²) in [7, 11) is 0. The molecule has 4 rings (SSSR count). The Morgan fingerprint density at radius 2 is 1.68 bits per heavy atom. The van der Waals surface area contributed by atoms with Crippen LogP contribution in [0, 0.1) is 0 Å². The monoisotopic (exact) mass is 416 g/mol. The van der Waals surface area contributed by atoms with Crippen molar-refractivity contribution in [1.82, 2.24) is 10.9 Å². The largest absolute Gasteiger partial charge is 0.464 e. The van der Waals surface area contributed by atoms with E-state index in [1.165, 1.54) is 13.2 Å². The lowest BCUT2D eigenvalue weighted by molar-refractivity contribution is -0.154. The molecule has 4 aromatic rings. The fourth-order valence-corrected chi connectivity index (χ4v) is 3.33. The molecule has 0 saturated heterocycles. The first-order valence-corrected chi connectivity index (χ1v) is 9.75. The van der Waals surface area contributed by atoms with E-state index in [1.807, 2.05) is 36.4 Å². The number of ether oxygens (including phenoxy) is 1. The number of carbonyl (C=O) groups is 3. The summed E-state index contributed by atoms with van der Waals surface area (Å²) >= 11 is 0. The molecule has 1 aromatic heterocycles. The Labute approximate surface area is 178 Å². The molecule has 0 spiro atoms. The van der Waals surface area contributed by atoms with E-state index in [0.717, 1.165) is 16.2 Å². The van der Waals surface area contributed by atoms with E-state index < -0.39 is 23.9 Å². The van der Waals surface area contributed by atoms with Crippen molar-refractivity contribution in [2.24, 2.45) is 0 Å². The van der Waals surface area contributed by atoms with Gasteiger partial charge in [0.15, 0.2) is 6.10 Å². The van der Waals surface area contributed by atoms with Gasteiger partial charge in [0.2, 0.25) is 0 Å². The van der Waals surface area contributed by atoms with E-state index in [0.29, 0.717) is 16.7 Å². The number of benzene rings is 3. The van der Waals surface area contributed by atoms with E-state index in [2.05, 4.69) is 10.9 Å². The molecule has 0 aliphatic rings. The predicted octanol–water partition coefficient (Wildman–Crippen LogP) is 3.52. The molecule has 0 unspecified atom stereocenters. The molecule has 0 aliphatic carbocycles. The fraction of sp³-hybridized carbons (Fsp3) is 0.125. The Kier molecular flexibility index (Phi) is 5.66. The molecule has 1 atom stereocenters. The zero-order chi connectivity index (χ0) is 21.8. The maximum absolute atomic E-state index is 12.4. The van der Waals surface area contributed by atoms with Gasteiger partial charge >= 0.3 is 5.97 Å². The van der Waals surface area contributed by atoms with Gasteiger partial charge in [-0.25, -0.2) is 0 Å². The number of hydrazine groups is 1. The van der Waals surface area contributed by atoms with Crippen LogP contribution in [0.3, 0.4) is 0 Å². The van der Waals surface area contributed by atoms with Crippen molar-refractivity contribution in [2.45, 2.75) is 19.4 Å². The van der Waals surface area contributed by atoms with Crippen molar-refractivity contribution in [1.29, 1.82) is 0 Å². The molecule has 2 amide bonds. The molecule has 0 saturated carbocycles. The average Bonchev–Trinajstić information content (AvgIpc) is 3.20. The van der Waals surface area contributed by atoms with E-state index >= 15 is 0 Å². The molecular formula is C24H20N2O5. The van der Waals surface area contributed by atoms with Gasteiger partial charge in [-0.15, -0.1) is 0 Å². The van der Waals surface area contributed by atoms with Crippen LogP contribution in [-0.4, -0.2) is 23.9 Å². The third kappa shape index (κ3) is 4.40. The number of amides is 2. The number of rotatable bonds is 5. The predicted molar refractivity (Wildman–Crippen MR) is 115 cm³/mol. The van der Waals surface area contributed by atoms with Gasteiger partial charge in [-0.2, -0.15) is 0 Å². The van der Waals surface area contributed by atoms with Crippen LogP contribution in [-0.2, 0) is 20.7 Å². The van der Waals surface area contributed by atoms with Gasteiger partial charge in [-0.05, 0) is 35.9 Å². The van der Waals surface area contributed by atoms with Crippen LogP contribution in [0.25, 0.3) is 21.7 Å². The molecule has 7 heteroatoms. The number of hydrogen-bond donors (Lipinski definition) is 2. The van der Waals surface area contributed by atoms with Gasteiger partial charge in [0.25, 0.3) is 11.8 Å². The van der Waals surface area contributed by atoms with Gasteiger partial charge in [0.1, 0.15) is 5.58 Å². The summed E-state index contributed by atoms with van der Waals surface area (Å²) in [6.07, 6.45) is 0.400. The zero-order valence-electron chi connectivity index (χ0n) is 16.8. The standard InChI is InChI=1S/C24H20N2O5/c1-15(23(28)25-26-24(29)17-8-3-2-4-9-17)31-21(27)13-18-14-30-20-12-11-16-7-5-6-10-19(16)22(18)20/h2-12,14-15H,13H2,1H3,(H,25,28)(H,26,29)/t15-/m0/s1. The third-order valence-electron chi connectivity index (χ3n) is 4.89. The van der Waals surface area contributed by atoms with Crippen LogP contribution < -0.4 is 10.9 Å². The highest BCUT2D eigenvalue weighted by molar-refractivity contribution is 6.08. The molecule has 0 radical (unpaired) electrons. The summed E-state index contributed by atoms with van der Waals surface area (Å²) in [6, 6.07) is 20.1.